The molecule has 0 aromatic carbocycles. The van der Waals surface area contributed by atoms with Gasteiger partial charge >= 0.3 is 6.09 Å². The van der Waals surface area contributed by atoms with Gasteiger partial charge in [0.15, 0.2) is 0 Å². The summed E-state index contributed by atoms with van der Waals surface area (Å²) < 4.78 is 17.0. The van der Waals surface area contributed by atoms with E-state index in [2.05, 4.69) is 15.5 Å². The molecule has 2 aliphatic rings. The summed E-state index contributed by atoms with van der Waals surface area (Å²) in [4.78, 5) is 27.8. The van der Waals surface area contributed by atoms with Gasteiger partial charge < -0.3 is 24.8 Å². The van der Waals surface area contributed by atoms with Crippen LogP contribution in [0, 0.1) is 5.92 Å². The molecule has 0 aromatic heterocycles. The third-order valence-corrected chi connectivity index (χ3v) is 6.27. The van der Waals surface area contributed by atoms with Crippen LogP contribution in [0.25, 0.3) is 0 Å². The zero-order chi connectivity index (χ0) is 25.2. The Labute approximate surface area is 206 Å². The number of rotatable bonds is 10. The normalized spacial score (nSPS) is 20.4. The van der Waals surface area contributed by atoms with Crippen LogP contribution in [0.3, 0.4) is 0 Å². The zero-order valence-electron chi connectivity index (χ0n) is 22.4. The molecule has 0 spiro atoms. The number of morpholine rings is 1. The monoisotopic (exact) mass is 483 g/mol. The smallest absolute Gasteiger partial charge is 0.407 e. The number of hydrogen-bond acceptors (Lipinski definition) is 6. The van der Waals surface area contributed by atoms with Crippen LogP contribution < -0.4 is 10.6 Å². The molecular weight excluding hydrogens is 434 g/mol. The van der Waals surface area contributed by atoms with E-state index in [9.17, 15) is 9.59 Å². The van der Waals surface area contributed by atoms with Crippen molar-refractivity contribution in [3.63, 3.8) is 0 Å². The third kappa shape index (κ3) is 12.4. The summed E-state index contributed by atoms with van der Waals surface area (Å²) in [6.07, 6.45) is 6.35. The van der Waals surface area contributed by atoms with E-state index in [1.54, 1.807) is 0 Å². The Morgan fingerprint density at radius 1 is 0.971 bits per heavy atom. The molecule has 34 heavy (non-hydrogen) atoms. The van der Waals surface area contributed by atoms with Crippen molar-refractivity contribution in [3.05, 3.63) is 0 Å². The van der Waals surface area contributed by atoms with Crippen molar-refractivity contribution in [1.82, 2.24) is 15.5 Å². The van der Waals surface area contributed by atoms with E-state index in [1.165, 1.54) is 19.3 Å². The lowest BCUT2D eigenvalue weighted by Gasteiger charge is -2.33. The Balaban J connectivity index is 1.93. The van der Waals surface area contributed by atoms with E-state index in [4.69, 9.17) is 14.2 Å². The van der Waals surface area contributed by atoms with Crippen molar-refractivity contribution < 1.29 is 23.8 Å². The molecule has 8 heteroatoms. The van der Waals surface area contributed by atoms with Crippen molar-refractivity contribution in [2.75, 3.05) is 39.5 Å². The van der Waals surface area contributed by atoms with Gasteiger partial charge in [-0.05, 0) is 66.7 Å². The molecule has 0 bridgehead atoms. The minimum absolute atomic E-state index is 0.00238. The van der Waals surface area contributed by atoms with E-state index in [-0.39, 0.29) is 23.6 Å². The molecule has 2 fully saturated rings. The molecule has 1 aliphatic heterocycles. The first kappa shape index (κ1) is 28.9. The van der Waals surface area contributed by atoms with Crippen LogP contribution in [0.5, 0.6) is 0 Å². The SMILES string of the molecule is CC(C)(C)OC[C@H](CN1CCOCC1)NC(=O)CC[C@H](NC(=O)OC(C)(C)C)C1CCCCC1. The summed E-state index contributed by atoms with van der Waals surface area (Å²) in [6, 6.07) is -0.138. The van der Waals surface area contributed by atoms with Crippen LogP contribution in [-0.4, -0.2) is 79.6 Å². The van der Waals surface area contributed by atoms with Crippen LogP contribution >= 0.6 is 0 Å². The minimum atomic E-state index is -0.543. The summed E-state index contributed by atoms with van der Waals surface area (Å²) >= 11 is 0. The number of ether oxygens (including phenoxy) is 3. The second kappa shape index (κ2) is 13.6. The number of nitrogens with zero attached hydrogens (tertiary/aromatic N) is 1. The predicted molar refractivity (Wildman–Crippen MR) is 134 cm³/mol. The summed E-state index contributed by atoms with van der Waals surface area (Å²) in [5, 5.41) is 6.27. The van der Waals surface area contributed by atoms with Crippen molar-refractivity contribution in [2.45, 2.75) is 110 Å². The number of carbonyl (C=O) groups excluding carboxylic acids is 2. The van der Waals surface area contributed by atoms with Crippen molar-refractivity contribution in [2.24, 2.45) is 5.92 Å². The Kier molecular flexibility index (Phi) is 11.6. The van der Waals surface area contributed by atoms with E-state index >= 15 is 0 Å². The van der Waals surface area contributed by atoms with Crippen LogP contribution in [-0.2, 0) is 19.0 Å². The van der Waals surface area contributed by atoms with E-state index < -0.39 is 11.7 Å². The van der Waals surface area contributed by atoms with Gasteiger partial charge in [-0.3, -0.25) is 9.69 Å². The van der Waals surface area contributed by atoms with Gasteiger partial charge in [0.2, 0.25) is 5.91 Å². The van der Waals surface area contributed by atoms with Gasteiger partial charge in [-0.15, -0.1) is 0 Å². The maximum atomic E-state index is 13.0. The van der Waals surface area contributed by atoms with Crippen LogP contribution in [0.15, 0.2) is 0 Å². The van der Waals surface area contributed by atoms with Gasteiger partial charge in [-0.1, -0.05) is 19.3 Å². The first-order valence-electron chi connectivity index (χ1n) is 13.1. The average Bonchev–Trinajstić information content (AvgIpc) is 2.74. The highest BCUT2D eigenvalue weighted by atomic mass is 16.6. The fourth-order valence-electron chi connectivity index (χ4n) is 4.59. The molecule has 2 atom stereocenters. The first-order valence-corrected chi connectivity index (χ1v) is 13.1. The van der Waals surface area contributed by atoms with Gasteiger partial charge in [0, 0.05) is 32.1 Å². The highest BCUT2D eigenvalue weighted by molar-refractivity contribution is 5.76. The van der Waals surface area contributed by atoms with Gasteiger partial charge in [-0.25, -0.2) is 4.79 Å². The molecule has 2 N–H and O–H groups in total. The Hall–Kier alpha value is -1.38. The second-order valence-electron chi connectivity index (χ2n) is 11.8. The molecular formula is C26H49N3O5. The molecule has 1 saturated carbocycles. The fourth-order valence-corrected chi connectivity index (χ4v) is 4.59. The lowest BCUT2D eigenvalue weighted by atomic mass is 9.82. The molecule has 198 valence electrons. The van der Waals surface area contributed by atoms with Crippen molar-refractivity contribution in [3.8, 4) is 0 Å². The van der Waals surface area contributed by atoms with Gasteiger partial charge in [0.25, 0.3) is 0 Å². The molecule has 1 saturated heterocycles. The maximum Gasteiger partial charge on any atom is 0.407 e. The van der Waals surface area contributed by atoms with Gasteiger partial charge in [-0.2, -0.15) is 0 Å². The second-order valence-corrected chi connectivity index (χ2v) is 11.8. The quantitative estimate of drug-likeness (QED) is 0.490. The largest absolute Gasteiger partial charge is 0.444 e. The summed E-state index contributed by atoms with van der Waals surface area (Å²) in [5.41, 5.74) is -0.810. The topological polar surface area (TPSA) is 89.1 Å². The summed E-state index contributed by atoms with van der Waals surface area (Å²) in [7, 11) is 0. The highest BCUT2D eigenvalue weighted by Crippen LogP contribution is 2.28. The molecule has 8 nitrogen and oxygen atoms in total. The molecule has 0 aromatic rings. The molecule has 2 rings (SSSR count). The van der Waals surface area contributed by atoms with E-state index in [1.807, 2.05) is 41.5 Å². The highest BCUT2D eigenvalue weighted by Gasteiger charge is 2.28. The molecule has 1 aliphatic carbocycles. The summed E-state index contributed by atoms with van der Waals surface area (Å²) in [6.45, 7) is 16.1. The van der Waals surface area contributed by atoms with Crippen LogP contribution in [0.2, 0.25) is 0 Å². The summed E-state index contributed by atoms with van der Waals surface area (Å²) in [5.74, 6) is 0.394. The zero-order valence-corrected chi connectivity index (χ0v) is 22.4. The lowest BCUT2D eigenvalue weighted by molar-refractivity contribution is -0.123. The number of amides is 2. The molecule has 1 heterocycles. The Morgan fingerprint density at radius 2 is 1.62 bits per heavy atom. The fraction of sp³-hybridized carbons (Fsp3) is 0.923. The number of alkyl carbamates (subject to hydrolysis) is 1. The van der Waals surface area contributed by atoms with E-state index in [0.717, 1.165) is 45.7 Å². The number of hydrogen-bond donors (Lipinski definition) is 2. The van der Waals surface area contributed by atoms with Crippen molar-refractivity contribution >= 4 is 12.0 Å². The predicted octanol–water partition coefficient (Wildman–Crippen LogP) is 3.87. The Morgan fingerprint density at radius 3 is 2.21 bits per heavy atom. The van der Waals surface area contributed by atoms with Crippen LogP contribution in [0.4, 0.5) is 4.79 Å². The average molecular weight is 484 g/mol. The van der Waals surface area contributed by atoms with Gasteiger partial charge in [0.05, 0.1) is 31.5 Å². The van der Waals surface area contributed by atoms with E-state index in [0.29, 0.717) is 25.4 Å². The maximum absolute atomic E-state index is 13.0. The first-order chi connectivity index (χ1) is 15.9. The molecule has 0 radical (unpaired) electrons. The number of nitrogens with one attached hydrogen (secondary N) is 2. The van der Waals surface area contributed by atoms with Crippen molar-refractivity contribution in [1.29, 1.82) is 0 Å². The van der Waals surface area contributed by atoms with Gasteiger partial charge in [0.1, 0.15) is 5.60 Å². The number of carbonyl (C=O) groups is 2. The molecule has 2 amide bonds. The Bertz CT molecular complexity index is 617. The lowest BCUT2D eigenvalue weighted by Crippen LogP contribution is -2.50. The standard InChI is InChI=1S/C26H49N3O5/c1-25(2,3)33-19-21(18-29-14-16-32-17-15-29)27-23(30)13-12-22(20-10-8-7-9-11-20)28-24(31)34-26(4,5)6/h20-22H,7-19H2,1-6H3,(H,27,30)(H,28,31)/t21-,22-/m0/s1. The van der Waals surface area contributed by atoms with Crippen LogP contribution in [0.1, 0.15) is 86.5 Å². The molecule has 0 unspecified atom stereocenters. The minimum Gasteiger partial charge on any atom is -0.444 e. The third-order valence-electron chi connectivity index (χ3n) is 6.27.